The average molecular weight is 489 g/mol. The number of hydrogen-bond acceptors (Lipinski definition) is 9. The van der Waals surface area contributed by atoms with Crippen LogP contribution in [0.5, 0.6) is 5.75 Å². The molecule has 0 spiro atoms. The van der Waals surface area contributed by atoms with Gasteiger partial charge in [-0.3, -0.25) is 9.88 Å². The lowest BCUT2D eigenvalue weighted by atomic mass is 10.1. The Morgan fingerprint density at radius 1 is 1.11 bits per heavy atom. The quantitative estimate of drug-likeness (QED) is 0.344. The Bertz CT molecular complexity index is 1310. The molecule has 2 fully saturated rings. The number of anilines is 1. The Balaban J connectivity index is 1.14. The molecule has 2 saturated heterocycles. The van der Waals surface area contributed by atoms with Crippen LogP contribution in [0.15, 0.2) is 43.0 Å². The molecule has 1 atom stereocenters. The summed E-state index contributed by atoms with van der Waals surface area (Å²) in [5, 5.41) is 4.59. The number of nitrogens with one attached hydrogen (secondary N) is 2. The van der Waals surface area contributed by atoms with Gasteiger partial charge in [0.15, 0.2) is 11.5 Å². The standard InChI is InChI=1S/C26H32N8O2/c1-2-6-22-21(5-1)23(14-19(32-22)15-27-7-9-33-10-12-35-13-11-33)36-16-20-4-3-8-34(20)26-24-25(29-17-28-24)30-18-31-26/h1-2,5-6,14,17-18,20,27H,3-4,7-13,15-16H2,(H,28,29,30,31)/t20-/m1/s1. The molecule has 36 heavy (non-hydrogen) atoms. The van der Waals surface area contributed by atoms with Crippen molar-refractivity contribution >= 4 is 27.9 Å². The maximum absolute atomic E-state index is 6.49. The van der Waals surface area contributed by atoms with Crippen LogP contribution in [0.25, 0.3) is 22.1 Å². The summed E-state index contributed by atoms with van der Waals surface area (Å²) in [5.41, 5.74) is 3.52. The number of para-hydroxylation sites is 1. The average Bonchev–Trinajstić information content (AvgIpc) is 3.60. The van der Waals surface area contributed by atoms with Crippen LogP contribution in [0.3, 0.4) is 0 Å². The Hall–Kier alpha value is -3.34. The second-order valence-corrected chi connectivity index (χ2v) is 9.36. The maximum Gasteiger partial charge on any atom is 0.182 e. The van der Waals surface area contributed by atoms with Crippen LogP contribution in [-0.4, -0.2) is 88.4 Å². The largest absolute Gasteiger partial charge is 0.491 e. The predicted octanol–water partition coefficient (Wildman–Crippen LogP) is 2.37. The fourth-order valence-electron chi connectivity index (χ4n) is 5.13. The first-order valence-electron chi connectivity index (χ1n) is 12.8. The van der Waals surface area contributed by atoms with E-state index in [9.17, 15) is 0 Å². The van der Waals surface area contributed by atoms with Crippen molar-refractivity contribution in [2.75, 3.05) is 57.4 Å². The van der Waals surface area contributed by atoms with Crippen LogP contribution < -0.4 is 15.0 Å². The zero-order chi connectivity index (χ0) is 24.2. The minimum absolute atomic E-state index is 0.230. The van der Waals surface area contributed by atoms with Gasteiger partial charge >= 0.3 is 0 Å². The van der Waals surface area contributed by atoms with E-state index in [1.165, 1.54) is 0 Å². The number of H-pyrrole nitrogens is 1. The molecule has 2 N–H and O–H groups in total. The van der Waals surface area contributed by atoms with Crippen LogP contribution in [0, 0.1) is 0 Å². The minimum Gasteiger partial charge on any atom is -0.491 e. The van der Waals surface area contributed by atoms with Crippen LogP contribution in [0.1, 0.15) is 18.5 Å². The Morgan fingerprint density at radius 3 is 2.97 bits per heavy atom. The van der Waals surface area contributed by atoms with Crippen molar-refractivity contribution in [3.05, 3.63) is 48.7 Å². The molecule has 2 aliphatic rings. The summed E-state index contributed by atoms with van der Waals surface area (Å²) in [5.74, 6) is 1.78. The number of nitrogens with zero attached hydrogens (tertiary/aromatic N) is 6. The number of benzene rings is 1. The van der Waals surface area contributed by atoms with Gasteiger partial charge in [0, 0.05) is 50.7 Å². The predicted molar refractivity (Wildman–Crippen MR) is 138 cm³/mol. The summed E-state index contributed by atoms with van der Waals surface area (Å²) in [7, 11) is 0. The lowest BCUT2D eigenvalue weighted by Crippen LogP contribution is -2.40. The molecule has 6 rings (SSSR count). The topological polar surface area (TPSA) is 104 Å². The lowest BCUT2D eigenvalue weighted by Gasteiger charge is -2.26. The fraction of sp³-hybridized carbons (Fsp3) is 0.462. The highest BCUT2D eigenvalue weighted by Crippen LogP contribution is 2.30. The van der Waals surface area contributed by atoms with Gasteiger partial charge in [0.05, 0.1) is 36.8 Å². The Kier molecular flexibility index (Phi) is 6.88. The third-order valence-electron chi connectivity index (χ3n) is 7.03. The van der Waals surface area contributed by atoms with Crippen LogP contribution >= 0.6 is 0 Å². The summed E-state index contributed by atoms with van der Waals surface area (Å²) in [6, 6.07) is 10.5. The molecule has 0 saturated carbocycles. The molecule has 10 nitrogen and oxygen atoms in total. The van der Waals surface area contributed by atoms with E-state index in [0.29, 0.717) is 18.8 Å². The highest BCUT2D eigenvalue weighted by molar-refractivity contribution is 5.85. The molecular formula is C26H32N8O2. The second kappa shape index (κ2) is 10.7. The van der Waals surface area contributed by atoms with E-state index in [1.807, 2.05) is 12.1 Å². The molecule has 3 aromatic heterocycles. The number of hydrogen-bond donors (Lipinski definition) is 2. The number of rotatable bonds is 9. The van der Waals surface area contributed by atoms with Crippen LogP contribution in [0.4, 0.5) is 5.82 Å². The van der Waals surface area contributed by atoms with Gasteiger partial charge in [0.25, 0.3) is 0 Å². The maximum atomic E-state index is 6.49. The summed E-state index contributed by atoms with van der Waals surface area (Å²) < 4.78 is 11.9. The molecule has 1 aromatic carbocycles. The van der Waals surface area contributed by atoms with Crippen molar-refractivity contribution in [3.63, 3.8) is 0 Å². The van der Waals surface area contributed by atoms with Gasteiger partial charge in [-0.15, -0.1) is 0 Å². The zero-order valence-corrected chi connectivity index (χ0v) is 20.4. The van der Waals surface area contributed by atoms with Crippen molar-refractivity contribution in [1.29, 1.82) is 0 Å². The molecule has 0 bridgehead atoms. The number of pyridine rings is 1. The molecule has 188 valence electrons. The number of ether oxygens (including phenoxy) is 2. The van der Waals surface area contributed by atoms with E-state index in [4.69, 9.17) is 14.5 Å². The fourth-order valence-corrected chi connectivity index (χ4v) is 5.13. The third-order valence-corrected chi connectivity index (χ3v) is 7.03. The van der Waals surface area contributed by atoms with Gasteiger partial charge in [-0.2, -0.15) is 0 Å². The van der Waals surface area contributed by atoms with E-state index in [0.717, 1.165) is 92.5 Å². The Morgan fingerprint density at radius 2 is 2.03 bits per heavy atom. The first-order chi connectivity index (χ1) is 17.8. The van der Waals surface area contributed by atoms with Gasteiger partial charge in [0.1, 0.15) is 24.2 Å². The van der Waals surface area contributed by atoms with Crippen molar-refractivity contribution in [1.82, 2.24) is 35.1 Å². The highest BCUT2D eigenvalue weighted by Gasteiger charge is 2.28. The first-order valence-corrected chi connectivity index (χ1v) is 12.8. The number of aromatic amines is 1. The summed E-state index contributed by atoms with van der Waals surface area (Å²) in [6.45, 7) is 7.84. The molecule has 10 heteroatoms. The van der Waals surface area contributed by atoms with E-state index in [1.54, 1.807) is 12.7 Å². The van der Waals surface area contributed by atoms with Gasteiger partial charge in [-0.25, -0.2) is 15.0 Å². The van der Waals surface area contributed by atoms with Crippen LogP contribution in [0.2, 0.25) is 0 Å². The Labute approximate surface area is 210 Å². The molecule has 5 heterocycles. The van der Waals surface area contributed by atoms with Crippen molar-refractivity contribution in [2.24, 2.45) is 0 Å². The molecule has 0 amide bonds. The first kappa shape index (κ1) is 23.1. The molecular weight excluding hydrogens is 456 g/mol. The van der Waals surface area contributed by atoms with Gasteiger partial charge in [-0.1, -0.05) is 12.1 Å². The second-order valence-electron chi connectivity index (χ2n) is 9.36. The number of morpholine rings is 1. The zero-order valence-electron chi connectivity index (χ0n) is 20.4. The summed E-state index contributed by atoms with van der Waals surface area (Å²) in [4.78, 5) is 25.9. The van der Waals surface area contributed by atoms with Gasteiger partial charge < -0.3 is 24.7 Å². The van der Waals surface area contributed by atoms with Crippen molar-refractivity contribution in [3.8, 4) is 5.75 Å². The monoisotopic (exact) mass is 488 g/mol. The van der Waals surface area contributed by atoms with Gasteiger partial charge in [-0.05, 0) is 25.0 Å². The molecule has 0 aliphatic carbocycles. The smallest absolute Gasteiger partial charge is 0.182 e. The summed E-state index contributed by atoms with van der Waals surface area (Å²) in [6.07, 6.45) is 5.41. The normalized spacial score (nSPS) is 18.9. The van der Waals surface area contributed by atoms with E-state index in [-0.39, 0.29) is 6.04 Å². The minimum atomic E-state index is 0.230. The number of imidazole rings is 1. The van der Waals surface area contributed by atoms with E-state index >= 15 is 0 Å². The molecule has 4 aromatic rings. The third kappa shape index (κ3) is 4.97. The van der Waals surface area contributed by atoms with Crippen molar-refractivity contribution in [2.45, 2.75) is 25.4 Å². The van der Waals surface area contributed by atoms with E-state index in [2.05, 4.69) is 53.3 Å². The van der Waals surface area contributed by atoms with E-state index < -0.39 is 0 Å². The van der Waals surface area contributed by atoms with Crippen molar-refractivity contribution < 1.29 is 9.47 Å². The number of fused-ring (bicyclic) bond motifs is 2. The number of aromatic nitrogens is 5. The SMILES string of the molecule is c1ccc2c(OC[C@H]3CCCN3c3ncnc4nc[nH]c34)cc(CNCCN3CCOCC3)nc2c1. The summed E-state index contributed by atoms with van der Waals surface area (Å²) >= 11 is 0. The van der Waals surface area contributed by atoms with Gasteiger partial charge in [0.2, 0.25) is 0 Å². The molecule has 0 unspecified atom stereocenters. The highest BCUT2D eigenvalue weighted by atomic mass is 16.5. The van der Waals surface area contributed by atoms with Crippen LogP contribution in [-0.2, 0) is 11.3 Å². The lowest BCUT2D eigenvalue weighted by molar-refractivity contribution is 0.0384. The molecule has 0 radical (unpaired) electrons. The molecule has 2 aliphatic heterocycles.